The molecule has 216 valence electrons. The second kappa shape index (κ2) is 11.4. The molecular weight excluding hydrogens is 589 g/mol. The minimum Gasteiger partial charge on any atom is -0.486 e. The molecule has 1 aliphatic heterocycles. The van der Waals surface area contributed by atoms with Crippen LogP contribution >= 0.6 is 23.2 Å². The number of halogens is 6. The molecule has 0 saturated carbocycles. The number of hydrogen-bond acceptors (Lipinski definition) is 7. The third-order valence-electron chi connectivity index (χ3n) is 6.83. The first-order chi connectivity index (χ1) is 19.5. The largest absolute Gasteiger partial charge is 0.486 e. The van der Waals surface area contributed by atoms with E-state index >= 15 is 4.39 Å². The Hall–Kier alpha value is -3.45. The van der Waals surface area contributed by atoms with Crippen molar-refractivity contribution < 1.29 is 31.8 Å². The molecule has 8 nitrogen and oxygen atoms in total. The molecule has 2 atom stereocenters. The number of anilines is 1. The number of nitrogens with two attached hydrogens (primary N) is 1. The number of rotatable bonds is 7. The lowest BCUT2D eigenvalue weighted by Gasteiger charge is -2.39. The van der Waals surface area contributed by atoms with Gasteiger partial charge in [0.2, 0.25) is 5.82 Å². The van der Waals surface area contributed by atoms with Crippen LogP contribution in [0.3, 0.4) is 0 Å². The number of carbonyl (C=O) groups excluding carboxylic acids is 1. The molecule has 2 aromatic carbocycles. The molecule has 1 aliphatic rings. The fourth-order valence-corrected chi connectivity index (χ4v) is 4.99. The van der Waals surface area contributed by atoms with Gasteiger partial charge in [0, 0.05) is 16.8 Å². The number of carbonyl (C=O) groups is 1. The number of ketones is 1. The lowest BCUT2D eigenvalue weighted by molar-refractivity contribution is -0.144. The van der Waals surface area contributed by atoms with Gasteiger partial charge < -0.3 is 19.8 Å². The molecule has 4 aromatic rings. The monoisotopic (exact) mass is 611 g/mol. The third kappa shape index (κ3) is 5.82. The number of ether oxygens (including phenoxy) is 2. The predicted molar refractivity (Wildman–Crippen MR) is 145 cm³/mol. The molecule has 41 heavy (non-hydrogen) atoms. The van der Waals surface area contributed by atoms with Crippen LogP contribution in [0.15, 0.2) is 48.7 Å². The molecule has 5 rings (SSSR count). The smallest absolute Gasteiger partial charge is 0.451 e. The first-order valence-corrected chi connectivity index (χ1v) is 13.2. The van der Waals surface area contributed by atoms with E-state index in [0.717, 1.165) is 5.56 Å². The number of benzene rings is 2. The van der Waals surface area contributed by atoms with E-state index in [1.165, 1.54) is 22.9 Å². The van der Waals surface area contributed by atoms with E-state index in [9.17, 15) is 18.0 Å². The van der Waals surface area contributed by atoms with E-state index in [4.69, 9.17) is 38.4 Å². The van der Waals surface area contributed by atoms with E-state index in [2.05, 4.69) is 9.97 Å². The van der Waals surface area contributed by atoms with Crippen molar-refractivity contribution in [2.45, 2.75) is 25.0 Å². The third-order valence-corrected chi connectivity index (χ3v) is 7.35. The van der Waals surface area contributed by atoms with Gasteiger partial charge in [-0.1, -0.05) is 29.8 Å². The van der Waals surface area contributed by atoms with Crippen LogP contribution < -0.4 is 10.5 Å². The lowest BCUT2D eigenvalue weighted by Crippen LogP contribution is -2.51. The molecule has 1 fully saturated rings. The lowest BCUT2D eigenvalue weighted by atomic mass is 10.1. The summed E-state index contributed by atoms with van der Waals surface area (Å²) in [7, 11) is 1.63. The maximum atomic E-state index is 15.2. The summed E-state index contributed by atoms with van der Waals surface area (Å²) in [4.78, 5) is 21.3. The van der Waals surface area contributed by atoms with Gasteiger partial charge in [0.1, 0.15) is 24.2 Å². The topological polar surface area (TPSA) is 95.5 Å². The summed E-state index contributed by atoms with van der Waals surface area (Å²) >= 11 is 11.6. The zero-order valence-corrected chi connectivity index (χ0v) is 23.0. The number of nitrogens with zero attached hydrogens (tertiary/aromatic N) is 4. The van der Waals surface area contributed by atoms with Crippen molar-refractivity contribution in [2.24, 2.45) is 0 Å². The number of Topliss-reactive ketones (excluding diaryl/α,β-unsaturated/α-hetero) is 1. The van der Waals surface area contributed by atoms with Gasteiger partial charge in [0.15, 0.2) is 17.3 Å². The van der Waals surface area contributed by atoms with Gasteiger partial charge in [-0.3, -0.25) is 9.69 Å². The Morgan fingerprint density at radius 2 is 1.90 bits per heavy atom. The summed E-state index contributed by atoms with van der Waals surface area (Å²) < 4.78 is 68.8. The number of aromatic nitrogens is 3. The summed E-state index contributed by atoms with van der Waals surface area (Å²) in [5, 5.41) is 0.646. The van der Waals surface area contributed by atoms with Gasteiger partial charge in [-0.2, -0.15) is 13.2 Å². The number of morpholine rings is 1. The van der Waals surface area contributed by atoms with Crippen molar-refractivity contribution >= 4 is 45.8 Å². The quantitative estimate of drug-likeness (QED) is 0.211. The Balaban J connectivity index is 1.57. The summed E-state index contributed by atoms with van der Waals surface area (Å²) in [5.41, 5.74) is 7.26. The number of fused-ring (bicyclic) bond motifs is 1. The molecule has 0 spiro atoms. The molecule has 2 N–H and O–H groups in total. The number of alkyl halides is 4. The van der Waals surface area contributed by atoms with Crippen molar-refractivity contribution in [3.05, 3.63) is 70.9 Å². The summed E-state index contributed by atoms with van der Waals surface area (Å²) in [6.07, 6.45) is -4.13. The molecule has 0 radical (unpaired) electrons. The zero-order valence-electron chi connectivity index (χ0n) is 21.5. The maximum absolute atomic E-state index is 15.2. The van der Waals surface area contributed by atoms with E-state index in [1.807, 2.05) is 0 Å². The molecule has 2 aromatic heterocycles. The molecule has 2 unspecified atom stereocenters. The Labute approximate surface area is 241 Å². The van der Waals surface area contributed by atoms with Crippen LogP contribution in [0.1, 0.15) is 17.6 Å². The molecule has 0 amide bonds. The average Bonchev–Trinajstić information content (AvgIpc) is 3.32. The second-order valence-corrected chi connectivity index (χ2v) is 10.1. The highest BCUT2D eigenvalue weighted by molar-refractivity contribution is 6.30. The minimum absolute atomic E-state index is 0.0288. The molecule has 1 saturated heterocycles. The van der Waals surface area contributed by atoms with E-state index < -0.39 is 35.8 Å². The van der Waals surface area contributed by atoms with Gasteiger partial charge in [-0.15, -0.1) is 11.6 Å². The normalized spacial score (nSPS) is 18.1. The standard InChI is InChI=1S/C27H23Cl2F4N5O3/c1-37-19(20(39)9-28)12-40-13-22(37)38-10-17(23-24(34)35-26(27(31,32)33)36-25(23)38)15-4-7-21(18(30)8-15)41-11-14-2-5-16(29)6-3-14/h2-8,10,19,22H,9,11-13H2,1H3,(H2,34,35,36). The van der Waals surface area contributed by atoms with Crippen molar-refractivity contribution in [1.29, 1.82) is 0 Å². The van der Waals surface area contributed by atoms with Crippen molar-refractivity contribution in [3.63, 3.8) is 0 Å². The highest BCUT2D eigenvalue weighted by Gasteiger charge is 2.38. The van der Waals surface area contributed by atoms with Crippen LogP contribution in [-0.2, 0) is 22.3 Å². The Morgan fingerprint density at radius 1 is 1.17 bits per heavy atom. The fraction of sp³-hybridized carbons (Fsp3) is 0.296. The van der Waals surface area contributed by atoms with E-state index in [-0.39, 0.29) is 53.8 Å². The zero-order chi connectivity index (χ0) is 29.5. The number of nitrogen functional groups attached to an aromatic ring is 1. The minimum atomic E-state index is -4.88. The van der Waals surface area contributed by atoms with E-state index in [0.29, 0.717) is 10.6 Å². The Bertz CT molecular complexity index is 1600. The predicted octanol–water partition coefficient (Wildman–Crippen LogP) is 5.71. The molecule has 3 heterocycles. The highest BCUT2D eigenvalue weighted by atomic mass is 35.5. The molecule has 0 bridgehead atoms. The maximum Gasteiger partial charge on any atom is 0.451 e. The Kier molecular flexibility index (Phi) is 8.11. The van der Waals surface area contributed by atoms with Gasteiger partial charge in [-0.25, -0.2) is 14.4 Å². The molecule has 0 aliphatic carbocycles. The SMILES string of the molecule is CN1C(C(=O)CCl)COCC1n1cc(-c2ccc(OCc3ccc(Cl)cc3)c(F)c2)c2c(N)nc(C(F)(F)F)nc21. The molecule has 14 heteroatoms. The number of likely N-dealkylation sites (N-methyl/N-ethyl adjacent to an activating group) is 1. The van der Waals surface area contributed by atoms with Crippen molar-refractivity contribution in [2.75, 3.05) is 31.9 Å². The van der Waals surface area contributed by atoms with Crippen LogP contribution in [0, 0.1) is 5.82 Å². The van der Waals surface area contributed by atoms with Gasteiger partial charge in [0.05, 0.1) is 30.5 Å². The number of hydrogen-bond donors (Lipinski definition) is 1. The summed E-state index contributed by atoms with van der Waals surface area (Å²) in [6, 6.07) is 10.3. The van der Waals surface area contributed by atoms with Crippen LogP contribution in [0.2, 0.25) is 5.02 Å². The first kappa shape index (κ1) is 29.1. The first-order valence-electron chi connectivity index (χ1n) is 12.3. The van der Waals surface area contributed by atoms with Gasteiger partial charge >= 0.3 is 6.18 Å². The van der Waals surface area contributed by atoms with E-state index in [1.54, 1.807) is 42.3 Å². The van der Waals surface area contributed by atoms with Crippen LogP contribution in [0.4, 0.5) is 23.4 Å². The second-order valence-electron chi connectivity index (χ2n) is 9.44. The van der Waals surface area contributed by atoms with Crippen LogP contribution in [0.25, 0.3) is 22.2 Å². The highest BCUT2D eigenvalue weighted by Crippen LogP contribution is 2.39. The van der Waals surface area contributed by atoms with Gasteiger partial charge in [-0.05, 0) is 42.4 Å². The van der Waals surface area contributed by atoms with Gasteiger partial charge in [0.25, 0.3) is 0 Å². The summed E-state index contributed by atoms with van der Waals surface area (Å²) in [6.45, 7) is 0.186. The van der Waals surface area contributed by atoms with Crippen LogP contribution in [0.5, 0.6) is 5.75 Å². The summed E-state index contributed by atoms with van der Waals surface area (Å²) in [5.74, 6) is -3.17. The average molecular weight is 612 g/mol. The van der Waals surface area contributed by atoms with Crippen molar-refractivity contribution in [3.8, 4) is 16.9 Å². The van der Waals surface area contributed by atoms with Crippen LogP contribution in [-0.4, -0.2) is 57.4 Å². The Morgan fingerprint density at radius 3 is 2.56 bits per heavy atom. The fourth-order valence-electron chi connectivity index (χ4n) is 4.69. The van der Waals surface area contributed by atoms with Crippen molar-refractivity contribution in [1.82, 2.24) is 19.4 Å². The molecular formula is C27H23Cl2F4N5O3.